The van der Waals surface area contributed by atoms with Crippen LogP contribution >= 0.6 is 0 Å². The van der Waals surface area contributed by atoms with E-state index in [0.717, 1.165) is 5.69 Å². The molecule has 6 heteroatoms. The van der Waals surface area contributed by atoms with Crippen molar-refractivity contribution in [2.75, 3.05) is 12.4 Å². The lowest BCUT2D eigenvalue weighted by atomic mass is 10.1. The molecule has 0 aliphatic heterocycles. The average molecular weight is 321 g/mol. The smallest absolute Gasteiger partial charge is 0.337 e. The molecule has 0 saturated heterocycles. The molecule has 0 fully saturated rings. The monoisotopic (exact) mass is 321 g/mol. The molecular weight excluding hydrogens is 306 g/mol. The number of benzene rings is 2. The molecule has 0 bridgehead atoms. The molecule has 0 atom stereocenters. The maximum Gasteiger partial charge on any atom is 0.337 e. The van der Waals surface area contributed by atoms with E-state index in [1.165, 1.54) is 7.11 Å². The van der Waals surface area contributed by atoms with Gasteiger partial charge in [-0.1, -0.05) is 0 Å². The highest BCUT2D eigenvalue weighted by Gasteiger charge is 2.08. The number of aromatic nitrogens is 2. The Morgan fingerprint density at radius 1 is 1.00 bits per heavy atom. The maximum absolute atomic E-state index is 12.3. The van der Waals surface area contributed by atoms with Crippen molar-refractivity contribution in [2.45, 2.75) is 0 Å². The molecule has 6 nitrogen and oxygen atoms in total. The highest BCUT2D eigenvalue weighted by Crippen LogP contribution is 2.13. The second kappa shape index (κ2) is 6.78. The van der Waals surface area contributed by atoms with Crippen molar-refractivity contribution in [1.29, 1.82) is 0 Å². The van der Waals surface area contributed by atoms with Gasteiger partial charge in [-0.2, -0.15) is 5.10 Å². The predicted molar refractivity (Wildman–Crippen MR) is 89.3 cm³/mol. The zero-order valence-corrected chi connectivity index (χ0v) is 13.0. The first kappa shape index (κ1) is 15.5. The largest absolute Gasteiger partial charge is 0.465 e. The summed E-state index contributed by atoms with van der Waals surface area (Å²) in [5.41, 5.74) is 2.44. The molecule has 3 aromatic rings. The number of ether oxygens (including phenoxy) is 1. The van der Waals surface area contributed by atoms with Gasteiger partial charge in [0.2, 0.25) is 0 Å². The van der Waals surface area contributed by atoms with Crippen LogP contribution in [0.5, 0.6) is 0 Å². The lowest BCUT2D eigenvalue weighted by Crippen LogP contribution is -2.12. The minimum Gasteiger partial charge on any atom is -0.465 e. The van der Waals surface area contributed by atoms with Crippen LogP contribution in [0.15, 0.2) is 67.0 Å². The van der Waals surface area contributed by atoms with Gasteiger partial charge in [0.05, 0.1) is 18.4 Å². The predicted octanol–water partition coefficient (Wildman–Crippen LogP) is 2.91. The van der Waals surface area contributed by atoms with Crippen molar-refractivity contribution >= 4 is 17.6 Å². The van der Waals surface area contributed by atoms with E-state index in [9.17, 15) is 9.59 Å². The number of nitrogens with one attached hydrogen (secondary N) is 1. The van der Waals surface area contributed by atoms with Crippen LogP contribution < -0.4 is 5.32 Å². The fraction of sp³-hybridized carbons (Fsp3) is 0.0556. The third-order valence-electron chi connectivity index (χ3n) is 3.46. The third-order valence-corrected chi connectivity index (χ3v) is 3.46. The molecule has 3 rings (SSSR count). The van der Waals surface area contributed by atoms with Crippen molar-refractivity contribution in [3.8, 4) is 5.69 Å². The molecule has 1 heterocycles. The van der Waals surface area contributed by atoms with Crippen LogP contribution in [0.4, 0.5) is 5.69 Å². The summed E-state index contributed by atoms with van der Waals surface area (Å²) in [5, 5.41) is 6.92. The number of hydrogen-bond acceptors (Lipinski definition) is 4. The summed E-state index contributed by atoms with van der Waals surface area (Å²) in [5.74, 6) is -0.644. The SMILES string of the molecule is COC(=O)c1ccc(NC(=O)c2ccc(-n3cccn3)cc2)cc1. The lowest BCUT2D eigenvalue weighted by Gasteiger charge is -2.07. The molecule has 0 radical (unpaired) electrons. The Hall–Kier alpha value is -3.41. The molecule has 120 valence electrons. The van der Waals surface area contributed by atoms with Gasteiger partial charge in [-0.3, -0.25) is 4.79 Å². The molecule has 2 aromatic carbocycles. The molecule has 0 saturated carbocycles. The number of anilines is 1. The zero-order chi connectivity index (χ0) is 16.9. The van der Waals surface area contributed by atoms with E-state index in [1.54, 1.807) is 47.3 Å². The number of nitrogens with zero attached hydrogens (tertiary/aromatic N) is 2. The van der Waals surface area contributed by atoms with E-state index < -0.39 is 5.97 Å². The summed E-state index contributed by atoms with van der Waals surface area (Å²) in [7, 11) is 1.32. The zero-order valence-electron chi connectivity index (χ0n) is 13.0. The van der Waals surface area contributed by atoms with E-state index in [2.05, 4.69) is 15.2 Å². The van der Waals surface area contributed by atoms with Gasteiger partial charge in [-0.25, -0.2) is 9.48 Å². The minimum absolute atomic E-state index is 0.229. The molecule has 0 spiro atoms. The highest BCUT2D eigenvalue weighted by molar-refractivity contribution is 6.04. The standard InChI is InChI=1S/C18H15N3O3/c1-24-18(23)14-3-7-15(8-4-14)20-17(22)13-5-9-16(10-6-13)21-12-2-11-19-21/h2-12H,1H3,(H,20,22). The van der Waals surface area contributed by atoms with Crippen molar-refractivity contribution in [3.63, 3.8) is 0 Å². The van der Waals surface area contributed by atoms with E-state index >= 15 is 0 Å². The van der Waals surface area contributed by atoms with Crippen molar-refractivity contribution in [1.82, 2.24) is 9.78 Å². The third kappa shape index (κ3) is 3.33. The number of hydrogen-bond donors (Lipinski definition) is 1. The molecule has 0 aliphatic carbocycles. The second-order valence-electron chi connectivity index (χ2n) is 5.02. The molecule has 24 heavy (non-hydrogen) atoms. The van der Waals surface area contributed by atoms with Crippen molar-refractivity contribution in [3.05, 3.63) is 78.1 Å². The van der Waals surface area contributed by atoms with Crippen LogP contribution in [0.2, 0.25) is 0 Å². The summed E-state index contributed by atoms with van der Waals surface area (Å²) in [4.78, 5) is 23.6. The number of carbonyl (C=O) groups excluding carboxylic acids is 2. The fourth-order valence-electron chi connectivity index (χ4n) is 2.20. The number of rotatable bonds is 4. The van der Waals surface area contributed by atoms with Gasteiger partial charge in [0.15, 0.2) is 0 Å². The Morgan fingerprint density at radius 2 is 1.67 bits per heavy atom. The number of esters is 1. The Bertz CT molecular complexity index is 838. The summed E-state index contributed by atoms with van der Waals surface area (Å²) >= 11 is 0. The van der Waals surface area contributed by atoms with Gasteiger partial charge in [-0.15, -0.1) is 0 Å². The number of amides is 1. The average Bonchev–Trinajstić information content (AvgIpc) is 3.16. The van der Waals surface area contributed by atoms with Gasteiger partial charge in [-0.05, 0) is 54.6 Å². The minimum atomic E-state index is -0.415. The van der Waals surface area contributed by atoms with E-state index in [0.29, 0.717) is 16.8 Å². The molecule has 1 amide bonds. The molecule has 0 unspecified atom stereocenters. The van der Waals surface area contributed by atoms with Gasteiger partial charge < -0.3 is 10.1 Å². The van der Waals surface area contributed by atoms with Crippen LogP contribution in [0.25, 0.3) is 5.69 Å². The summed E-state index contributed by atoms with van der Waals surface area (Å²) in [6, 6.07) is 15.4. The Kier molecular flexibility index (Phi) is 4.38. The van der Waals surface area contributed by atoms with Crippen molar-refractivity contribution < 1.29 is 14.3 Å². The lowest BCUT2D eigenvalue weighted by molar-refractivity contribution is 0.0600. The summed E-state index contributed by atoms with van der Waals surface area (Å²) < 4.78 is 6.35. The van der Waals surface area contributed by atoms with Crippen LogP contribution in [0.1, 0.15) is 20.7 Å². The van der Waals surface area contributed by atoms with Gasteiger partial charge in [0.1, 0.15) is 0 Å². The molecular formula is C18H15N3O3. The van der Waals surface area contributed by atoms with Gasteiger partial charge in [0.25, 0.3) is 5.91 Å². The number of carbonyl (C=O) groups is 2. The van der Waals surface area contributed by atoms with E-state index in [1.807, 2.05) is 24.4 Å². The Labute approximate surface area is 138 Å². The second-order valence-corrected chi connectivity index (χ2v) is 5.02. The first-order valence-electron chi connectivity index (χ1n) is 7.27. The first-order chi connectivity index (χ1) is 11.7. The van der Waals surface area contributed by atoms with Crippen LogP contribution in [0, 0.1) is 0 Å². The van der Waals surface area contributed by atoms with Crippen molar-refractivity contribution in [2.24, 2.45) is 0 Å². The summed E-state index contributed by atoms with van der Waals surface area (Å²) in [6.45, 7) is 0. The fourth-order valence-corrected chi connectivity index (χ4v) is 2.20. The maximum atomic E-state index is 12.3. The van der Waals surface area contributed by atoms with Crippen LogP contribution in [-0.2, 0) is 4.74 Å². The highest BCUT2D eigenvalue weighted by atomic mass is 16.5. The van der Waals surface area contributed by atoms with E-state index in [4.69, 9.17) is 0 Å². The Morgan fingerprint density at radius 3 is 2.25 bits per heavy atom. The number of methoxy groups -OCH3 is 1. The summed E-state index contributed by atoms with van der Waals surface area (Å²) in [6.07, 6.45) is 3.52. The van der Waals surface area contributed by atoms with Crippen LogP contribution in [0.3, 0.4) is 0 Å². The van der Waals surface area contributed by atoms with Crippen LogP contribution in [-0.4, -0.2) is 28.8 Å². The van der Waals surface area contributed by atoms with Gasteiger partial charge in [0, 0.05) is 23.6 Å². The molecule has 0 aliphatic rings. The molecule has 1 aromatic heterocycles. The first-order valence-corrected chi connectivity index (χ1v) is 7.27. The molecule has 1 N–H and O–H groups in total. The quantitative estimate of drug-likeness (QED) is 0.750. The Balaban J connectivity index is 1.69. The topological polar surface area (TPSA) is 73.2 Å². The normalized spacial score (nSPS) is 10.2. The van der Waals surface area contributed by atoms with Gasteiger partial charge >= 0.3 is 5.97 Å². The van der Waals surface area contributed by atoms with E-state index in [-0.39, 0.29) is 5.91 Å².